The predicted molar refractivity (Wildman–Crippen MR) is 81.0 cm³/mol. The first kappa shape index (κ1) is 14.2. The van der Waals surface area contributed by atoms with Crippen molar-refractivity contribution in [3.63, 3.8) is 0 Å². The molecule has 0 saturated heterocycles. The Morgan fingerprint density at radius 1 is 1.40 bits per heavy atom. The fourth-order valence-electron chi connectivity index (χ4n) is 1.71. The molecule has 100 valence electrons. The number of aryl methyl sites for hydroxylation is 1. The van der Waals surface area contributed by atoms with E-state index in [1.807, 2.05) is 0 Å². The van der Waals surface area contributed by atoms with Crippen molar-refractivity contribution in [2.24, 2.45) is 0 Å². The molecule has 0 saturated carbocycles. The maximum absolute atomic E-state index is 12.0. The third-order valence-electron chi connectivity index (χ3n) is 2.87. The molecule has 0 aliphatic heterocycles. The lowest BCUT2D eigenvalue weighted by atomic mass is 10.1. The number of carbonyl (C=O) groups excluding carboxylic acids is 1. The summed E-state index contributed by atoms with van der Waals surface area (Å²) in [6.45, 7) is 1.74. The Balaban J connectivity index is 2.33. The Bertz CT molecular complexity index is 714. The van der Waals surface area contributed by atoms with Crippen LogP contribution in [0.3, 0.4) is 0 Å². The summed E-state index contributed by atoms with van der Waals surface area (Å²) in [6, 6.07) is 6.75. The highest BCUT2D eigenvalue weighted by Crippen LogP contribution is 2.21. The van der Waals surface area contributed by atoms with Gasteiger partial charge in [-0.3, -0.25) is 9.78 Å². The van der Waals surface area contributed by atoms with Crippen LogP contribution < -0.4 is 0 Å². The van der Waals surface area contributed by atoms with E-state index in [-0.39, 0.29) is 11.3 Å². The molecule has 1 aromatic carbocycles. The molecular weight excluding hydrogens is 270 g/mol. The number of pyridine rings is 1. The second-order valence-electron chi connectivity index (χ2n) is 4.24. The molecule has 0 aliphatic rings. The summed E-state index contributed by atoms with van der Waals surface area (Å²) in [4.78, 5) is 16.0. The van der Waals surface area contributed by atoms with Gasteiger partial charge in [-0.05, 0) is 36.1 Å². The molecule has 20 heavy (non-hydrogen) atoms. The van der Waals surface area contributed by atoms with Crippen LogP contribution in [0.5, 0.6) is 5.75 Å². The van der Waals surface area contributed by atoms with Crippen LogP contribution in [0.25, 0.3) is 0 Å². The first-order valence-electron chi connectivity index (χ1n) is 6.02. The normalized spacial score (nSPS) is 9.70. The number of phenolic OH excluding ortho intramolecular Hbond substituents is 1. The van der Waals surface area contributed by atoms with Crippen LogP contribution in [0.2, 0.25) is 0 Å². The van der Waals surface area contributed by atoms with Crippen molar-refractivity contribution in [1.82, 2.24) is 4.98 Å². The van der Waals surface area contributed by atoms with Gasteiger partial charge >= 0.3 is 0 Å². The average molecular weight is 283 g/mol. The number of hydrogen-bond donors (Lipinski definition) is 2. The number of aromatic hydroxyl groups is 1. The van der Waals surface area contributed by atoms with Crippen LogP contribution in [-0.2, 0) is 5.75 Å². The molecule has 3 nitrogen and oxygen atoms in total. The molecule has 0 amide bonds. The van der Waals surface area contributed by atoms with Crippen LogP contribution in [0.4, 0.5) is 0 Å². The van der Waals surface area contributed by atoms with Crippen LogP contribution in [0, 0.1) is 18.8 Å². The molecule has 0 unspecified atom stereocenters. The van der Waals surface area contributed by atoms with E-state index < -0.39 is 5.78 Å². The van der Waals surface area contributed by atoms with E-state index in [9.17, 15) is 9.90 Å². The maximum atomic E-state index is 12.0. The molecule has 2 rings (SSSR count). The highest BCUT2D eigenvalue weighted by Gasteiger charge is 2.10. The predicted octanol–water partition coefficient (Wildman–Crippen LogP) is 2.76. The van der Waals surface area contributed by atoms with Gasteiger partial charge in [0.05, 0.1) is 5.56 Å². The van der Waals surface area contributed by atoms with E-state index in [0.717, 1.165) is 11.1 Å². The number of thiol groups is 1. The topological polar surface area (TPSA) is 50.2 Å². The van der Waals surface area contributed by atoms with Crippen LogP contribution in [0.1, 0.15) is 27.0 Å². The van der Waals surface area contributed by atoms with Gasteiger partial charge in [0.25, 0.3) is 0 Å². The summed E-state index contributed by atoms with van der Waals surface area (Å²) in [5.41, 5.74) is 2.46. The van der Waals surface area contributed by atoms with Gasteiger partial charge in [-0.25, -0.2) is 0 Å². The van der Waals surface area contributed by atoms with Gasteiger partial charge in [-0.1, -0.05) is 18.1 Å². The zero-order valence-corrected chi connectivity index (χ0v) is 11.8. The Kier molecular flexibility index (Phi) is 4.44. The Labute approximate surface area is 123 Å². The number of carbonyl (C=O) groups is 1. The number of para-hydroxylation sites is 1. The zero-order chi connectivity index (χ0) is 14.5. The quantitative estimate of drug-likeness (QED) is 0.506. The van der Waals surface area contributed by atoms with Gasteiger partial charge in [0, 0.05) is 23.7 Å². The third kappa shape index (κ3) is 3.01. The number of phenols is 1. The fourth-order valence-corrected chi connectivity index (χ4v) is 1.96. The minimum Gasteiger partial charge on any atom is -0.507 e. The average Bonchev–Trinajstić information content (AvgIpc) is 2.48. The second-order valence-corrected chi connectivity index (χ2v) is 4.56. The van der Waals surface area contributed by atoms with E-state index in [1.165, 1.54) is 0 Å². The van der Waals surface area contributed by atoms with Crippen LogP contribution in [-0.4, -0.2) is 15.9 Å². The van der Waals surface area contributed by atoms with Crippen molar-refractivity contribution in [3.8, 4) is 17.6 Å². The van der Waals surface area contributed by atoms with E-state index in [4.69, 9.17) is 0 Å². The van der Waals surface area contributed by atoms with E-state index in [2.05, 4.69) is 29.5 Å². The Morgan fingerprint density at radius 3 is 2.95 bits per heavy atom. The molecule has 0 atom stereocenters. The third-order valence-corrected chi connectivity index (χ3v) is 3.21. The Morgan fingerprint density at radius 2 is 2.20 bits per heavy atom. The van der Waals surface area contributed by atoms with Crippen molar-refractivity contribution in [1.29, 1.82) is 0 Å². The standard InChI is InChI=1S/C16H13NO2S/c1-11-3-2-4-14(16(11)19)15(18)6-5-12-7-8-17-9-13(12)10-20/h2-4,7-9,19-20H,10H2,1H3. The van der Waals surface area contributed by atoms with Gasteiger partial charge in [-0.15, -0.1) is 0 Å². The van der Waals surface area contributed by atoms with Gasteiger partial charge in [-0.2, -0.15) is 12.6 Å². The molecule has 1 N–H and O–H groups in total. The molecule has 0 fully saturated rings. The van der Waals surface area contributed by atoms with Gasteiger partial charge < -0.3 is 5.11 Å². The first-order valence-corrected chi connectivity index (χ1v) is 6.65. The minimum absolute atomic E-state index is 0.0176. The molecule has 0 spiro atoms. The number of aromatic nitrogens is 1. The smallest absolute Gasteiger partial charge is 0.239 e. The van der Waals surface area contributed by atoms with Gasteiger partial charge in [0.2, 0.25) is 5.78 Å². The molecule has 1 heterocycles. The minimum atomic E-state index is -0.409. The lowest BCUT2D eigenvalue weighted by molar-refractivity contribution is 0.105. The van der Waals surface area contributed by atoms with E-state index in [1.54, 1.807) is 43.6 Å². The molecule has 1 aromatic heterocycles. The number of Topliss-reactive ketones (excluding diaryl/α,β-unsaturated/α-hetero) is 1. The fraction of sp³-hybridized carbons (Fsp3) is 0.125. The molecule has 0 radical (unpaired) electrons. The Hall–Kier alpha value is -2.25. The second kappa shape index (κ2) is 6.27. The van der Waals surface area contributed by atoms with E-state index in [0.29, 0.717) is 11.3 Å². The molecular formula is C16H13NO2S. The highest BCUT2D eigenvalue weighted by atomic mass is 32.1. The number of benzene rings is 1. The zero-order valence-electron chi connectivity index (χ0n) is 10.9. The van der Waals surface area contributed by atoms with Crippen molar-refractivity contribution in [2.75, 3.05) is 0 Å². The van der Waals surface area contributed by atoms with Crippen molar-refractivity contribution >= 4 is 18.4 Å². The largest absolute Gasteiger partial charge is 0.507 e. The monoisotopic (exact) mass is 283 g/mol. The van der Waals surface area contributed by atoms with Crippen molar-refractivity contribution in [3.05, 3.63) is 58.9 Å². The summed E-state index contributed by atoms with van der Waals surface area (Å²) < 4.78 is 0. The van der Waals surface area contributed by atoms with Gasteiger partial charge in [0.15, 0.2) is 0 Å². The highest BCUT2D eigenvalue weighted by molar-refractivity contribution is 7.79. The van der Waals surface area contributed by atoms with Crippen LogP contribution >= 0.6 is 12.6 Å². The molecule has 4 heteroatoms. The molecule has 0 aliphatic carbocycles. The number of nitrogens with zero attached hydrogens (tertiary/aromatic N) is 1. The summed E-state index contributed by atoms with van der Waals surface area (Å²) in [7, 11) is 0. The van der Waals surface area contributed by atoms with Crippen molar-refractivity contribution in [2.45, 2.75) is 12.7 Å². The summed E-state index contributed by atoms with van der Waals surface area (Å²) >= 11 is 4.19. The van der Waals surface area contributed by atoms with Gasteiger partial charge in [0.1, 0.15) is 5.75 Å². The van der Waals surface area contributed by atoms with Crippen molar-refractivity contribution < 1.29 is 9.90 Å². The number of ketones is 1. The first-order chi connectivity index (χ1) is 9.63. The SMILES string of the molecule is Cc1cccc(C(=O)C#Cc2ccncc2CS)c1O. The molecule has 0 bridgehead atoms. The lowest BCUT2D eigenvalue weighted by Crippen LogP contribution is -1.97. The summed E-state index contributed by atoms with van der Waals surface area (Å²) in [5, 5.41) is 9.86. The summed E-state index contributed by atoms with van der Waals surface area (Å²) in [6.07, 6.45) is 3.29. The maximum Gasteiger partial charge on any atom is 0.239 e. The number of rotatable bonds is 2. The molecule has 2 aromatic rings. The number of hydrogen-bond acceptors (Lipinski definition) is 4. The van der Waals surface area contributed by atoms with Crippen LogP contribution in [0.15, 0.2) is 36.7 Å². The van der Waals surface area contributed by atoms with E-state index >= 15 is 0 Å². The summed E-state index contributed by atoms with van der Waals surface area (Å²) in [5.74, 6) is 5.43. The lowest BCUT2D eigenvalue weighted by Gasteiger charge is -2.02.